The third-order valence-corrected chi connectivity index (χ3v) is 7.65. The number of amides is 1. The molecule has 0 saturated heterocycles. The van der Waals surface area contributed by atoms with Crippen molar-refractivity contribution in [3.05, 3.63) is 59.7 Å². The van der Waals surface area contributed by atoms with Crippen LogP contribution in [0.4, 0.5) is 4.79 Å². The molecule has 3 aliphatic rings. The summed E-state index contributed by atoms with van der Waals surface area (Å²) in [5.74, 6) is -3.53. The van der Waals surface area contributed by atoms with Gasteiger partial charge in [0.05, 0.1) is 5.92 Å². The van der Waals surface area contributed by atoms with Crippen LogP contribution in [-0.4, -0.2) is 40.4 Å². The van der Waals surface area contributed by atoms with Crippen LogP contribution in [0.15, 0.2) is 48.5 Å². The number of carboxylic acids is 2. The number of fused-ring (bicyclic) bond motifs is 5. The average molecular weight is 435 g/mol. The molecular formula is C25H25NO6. The highest BCUT2D eigenvalue weighted by Gasteiger charge is 2.61. The fraction of sp³-hybridized carbons (Fsp3) is 0.400. The summed E-state index contributed by atoms with van der Waals surface area (Å²) in [6.07, 6.45) is 0.915. The van der Waals surface area contributed by atoms with E-state index in [0.717, 1.165) is 22.3 Å². The molecule has 0 aromatic heterocycles. The summed E-state index contributed by atoms with van der Waals surface area (Å²) in [5, 5.41) is 22.1. The Kier molecular flexibility index (Phi) is 4.92. The van der Waals surface area contributed by atoms with Crippen molar-refractivity contribution in [1.29, 1.82) is 0 Å². The van der Waals surface area contributed by atoms with Crippen molar-refractivity contribution in [1.82, 2.24) is 5.32 Å². The highest BCUT2D eigenvalue weighted by atomic mass is 16.5. The van der Waals surface area contributed by atoms with Crippen LogP contribution in [0, 0.1) is 17.8 Å². The van der Waals surface area contributed by atoms with Crippen molar-refractivity contribution in [2.75, 3.05) is 6.61 Å². The first-order valence-electron chi connectivity index (χ1n) is 11.0. The molecule has 2 fully saturated rings. The van der Waals surface area contributed by atoms with Gasteiger partial charge in [-0.2, -0.15) is 0 Å². The smallest absolute Gasteiger partial charge is 0.408 e. The number of carbonyl (C=O) groups excluding carboxylic acids is 1. The fourth-order valence-electron chi connectivity index (χ4n) is 6.19. The minimum Gasteiger partial charge on any atom is -0.481 e. The minimum absolute atomic E-state index is 0.0998. The molecule has 0 radical (unpaired) electrons. The zero-order chi connectivity index (χ0) is 22.5. The molecule has 32 heavy (non-hydrogen) atoms. The zero-order valence-electron chi connectivity index (χ0n) is 17.5. The van der Waals surface area contributed by atoms with Crippen molar-refractivity contribution in [2.24, 2.45) is 17.8 Å². The van der Waals surface area contributed by atoms with E-state index in [1.807, 2.05) is 48.5 Å². The first-order valence-corrected chi connectivity index (χ1v) is 11.0. The van der Waals surface area contributed by atoms with Crippen LogP contribution in [0.5, 0.6) is 0 Å². The van der Waals surface area contributed by atoms with E-state index in [4.69, 9.17) is 4.74 Å². The maximum Gasteiger partial charge on any atom is 0.408 e. The van der Waals surface area contributed by atoms with Crippen LogP contribution >= 0.6 is 0 Å². The second-order valence-corrected chi connectivity index (χ2v) is 9.10. The highest BCUT2D eigenvalue weighted by Crippen LogP contribution is 2.52. The summed E-state index contributed by atoms with van der Waals surface area (Å²) < 4.78 is 5.59. The third-order valence-electron chi connectivity index (χ3n) is 7.65. The SMILES string of the molecule is O=C(NC1(C(=O)O)C2CCC1CC(C(=O)O)C2)OCC1c2ccccc2-c2ccccc21. The second kappa shape index (κ2) is 7.65. The Labute approximate surface area is 185 Å². The molecule has 0 heterocycles. The maximum atomic E-state index is 12.8. The number of ether oxygens (including phenoxy) is 1. The van der Waals surface area contributed by atoms with Crippen molar-refractivity contribution >= 4 is 18.0 Å². The monoisotopic (exact) mass is 435 g/mol. The van der Waals surface area contributed by atoms with Gasteiger partial charge in [-0.3, -0.25) is 4.79 Å². The number of aliphatic carboxylic acids is 2. The van der Waals surface area contributed by atoms with Gasteiger partial charge in [0.2, 0.25) is 0 Å². The Morgan fingerprint density at radius 2 is 1.44 bits per heavy atom. The van der Waals surface area contributed by atoms with Gasteiger partial charge in [-0.15, -0.1) is 0 Å². The van der Waals surface area contributed by atoms with Crippen molar-refractivity contribution < 1.29 is 29.3 Å². The molecule has 1 amide bonds. The van der Waals surface area contributed by atoms with Crippen molar-refractivity contribution in [3.63, 3.8) is 0 Å². The van der Waals surface area contributed by atoms with E-state index in [9.17, 15) is 24.6 Å². The van der Waals surface area contributed by atoms with Gasteiger partial charge in [-0.05, 0) is 59.8 Å². The van der Waals surface area contributed by atoms with Crippen molar-refractivity contribution in [3.8, 4) is 11.1 Å². The van der Waals surface area contributed by atoms with Crippen LogP contribution < -0.4 is 5.32 Å². The summed E-state index contributed by atoms with van der Waals surface area (Å²) in [6, 6.07) is 16.0. The van der Waals surface area contributed by atoms with E-state index in [1.54, 1.807) is 0 Å². The minimum atomic E-state index is -1.46. The normalized spacial score (nSPS) is 27.9. The quantitative estimate of drug-likeness (QED) is 0.657. The van der Waals surface area contributed by atoms with Gasteiger partial charge in [-0.25, -0.2) is 9.59 Å². The number of alkyl carbamates (subject to hydrolysis) is 1. The predicted octanol–water partition coefficient (Wildman–Crippen LogP) is 3.87. The highest BCUT2D eigenvalue weighted by molar-refractivity contribution is 5.86. The average Bonchev–Trinajstić information content (AvgIpc) is 3.17. The lowest BCUT2D eigenvalue weighted by Crippen LogP contribution is -2.63. The first-order chi connectivity index (χ1) is 15.4. The fourth-order valence-corrected chi connectivity index (χ4v) is 6.19. The summed E-state index contributed by atoms with van der Waals surface area (Å²) in [5.41, 5.74) is 2.93. The molecular weight excluding hydrogens is 410 g/mol. The maximum absolute atomic E-state index is 12.8. The van der Waals surface area contributed by atoms with Gasteiger partial charge >= 0.3 is 18.0 Å². The first kappa shape index (κ1) is 20.5. The van der Waals surface area contributed by atoms with Crippen LogP contribution in [0.1, 0.15) is 42.7 Å². The molecule has 2 bridgehead atoms. The van der Waals surface area contributed by atoms with Crippen LogP contribution in [0.25, 0.3) is 11.1 Å². The van der Waals surface area contributed by atoms with E-state index < -0.39 is 41.3 Å². The van der Waals surface area contributed by atoms with Gasteiger partial charge < -0.3 is 20.3 Å². The predicted molar refractivity (Wildman–Crippen MR) is 115 cm³/mol. The molecule has 3 aliphatic carbocycles. The number of nitrogens with one attached hydrogen (secondary N) is 1. The molecule has 7 heteroatoms. The van der Waals surface area contributed by atoms with Crippen LogP contribution in [0.3, 0.4) is 0 Å². The molecule has 2 unspecified atom stereocenters. The molecule has 2 atom stereocenters. The number of hydrogen-bond acceptors (Lipinski definition) is 4. The summed E-state index contributed by atoms with van der Waals surface area (Å²) in [7, 11) is 0. The molecule has 2 aromatic rings. The Morgan fingerprint density at radius 1 is 0.906 bits per heavy atom. The molecule has 0 aliphatic heterocycles. The number of benzene rings is 2. The standard InChI is InChI=1S/C25H25NO6/c27-22(28)14-11-15-9-10-16(12-14)25(15,23(29)30)26-24(31)32-13-21-19-7-3-1-5-17(19)18-6-2-4-8-20(18)21/h1-8,14-16,21H,9-13H2,(H,26,31)(H,27,28)(H,29,30). The summed E-state index contributed by atoms with van der Waals surface area (Å²) >= 11 is 0. The van der Waals surface area contributed by atoms with E-state index in [2.05, 4.69) is 5.32 Å². The van der Waals surface area contributed by atoms with Crippen LogP contribution in [0.2, 0.25) is 0 Å². The number of carbonyl (C=O) groups is 3. The van der Waals surface area contributed by atoms with E-state index in [0.29, 0.717) is 12.8 Å². The molecule has 3 N–H and O–H groups in total. The van der Waals surface area contributed by atoms with Crippen LogP contribution in [-0.2, 0) is 14.3 Å². The summed E-state index contributed by atoms with van der Waals surface area (Å²) in [6.45, 7) is 0.0998. The molecule has 166 valence electrons. The molecule has 2 aromatic carbocycles. The zero-order valence-corrected chi connectivity index (χ0v) is 17.5. The third kappa shape index (κ3) is 3.06. The number of carboxylic acid groups (broad SMARTS) is 2. The Bertz CT molecular complexity index is 1040. The molecule has 7 nitrogen and oxygen atoms in total. The van der Waals surface area contributed by atoms with Crippen molar-refractivity contribution in [2.45, 2.75) is 37.1 Å². The van der Waals surface area contributed by atoms with E-state index >= 15 is 0 Å². The lowest BCUT2D eigenvalue weighted by atomic mass is 9.67. The van der Waals surface area contributed by atoms with E-state index in [-0.39, 0.29) is 25.4 Å². The number of hydrogen-bond donors (Lipinski definition) is 3. The largest absolute Gasteiger partial charge is 0.481 e. The molecule has 5 rings (SSSR count). The number of rotatable bonds is 5. The second-order valence-electron chi connectivity index (χ2n) is 9.10. The van der Waals surface area contributed by atoms with Gasteiger partial charge in [0, 0.05) is 5.92 Å². The molecule has 2 saturated carbocycles. The topological polar surface area (TPSA) is 113 Å². The van der Waals surface area contributed by atoms with Gasteiger partial charge in [-0.1, -0.05) is 48.5 Å². The lowest BCUT2D eigenvalue weighted by Gasteiger charge is -2.42. The lowest BCUT2D eigenvalue weighted by molar-refractivity contribution is -0.155. The van der Waals surface area contributed by atoms with Gasteiger partial charge in [0.15, 0.2) is 0 Å². The van der Waals surface area contributed by atoms with Gasteiger partial charge in [0.25, 0.3) is 0 Å². The van der Waals surface area contributed by atoms with Gasteiger partial charge in [0.1, 0.15) is 12.1 Å². The molecule has 0 spiro atoms. The Balaban J connectivity index is 1.33. The van der Waals surface area contributed by atoms with E-state index in [1.165, 1.54) is 0 Å². The summed E-state index contributed by atoms with van der Waals surface area (Å²) in [4.78, 5) is 36.6. The Hall–Kier alpha value is -3.35. The Morgan fingerprint density at radius 3 is 1.94 bits per heavy atom.